The van der Waals surface area contributed by atoms with Crippen LogP contribution in [-0.4, -0.2) is 16.1 Å². The third-order valence-corrected chi connectivity index (χ3v) is 3.87. The van der Waals surface area contributed by atoms with Crippen molar-refractivity contribution in [2.75, 3.05) is 0 Å². The maximum absolute atomic E-state index is 10.9. The maximum Gasteiger partial charge on any atom is 0.335 e. The van der Waals surface area contributed by atoms with Crippen molar-refractivity contribution >= 4 is 21.9 Å². The van der Waals surface area contributed by atoms with Gasteiger partial charge in [0.1, 0.15) is 5.75 Å². The molecule has 0 atom stereocenters. The molecule has 0 aliphatic rings. The SMILES string of the molecule is Cc1cc(Oc2cc(C(=O)O)ccn2)cc(C)c1Br. The van der Waals surface area contributed by atoms with Crippen LogP contribution < -0.4 is 4.74 Å². The van der Waals surface area contributed by atoms with Crippen LogP contribution in [-0.2, 0) is 0 Å². The number of rotatable bonds is 3. The first-order valence-corrected chi connectivity index (χ1v) is 6.40. The molecule has 2 aromatic rings. The van der Waals surface area contributed by atoms with Crippen LogP contribution in [0.3, 0.4) is 0 Å². The molecule has 0 spiro atoms. The molecule has 5 heteroatoms. The number of aromatic nitrogens is 1. The zero-order valence-corrected chi connectivity index (χ0v) is 12.1. The molecule has 0 saturated heterocycles. The predicted molar refractivity (Wildman–Crippen MR) is 74.9 cm³/mol. The lowest BCUT2D eigenvalue weighted by molar-refractivity contribution is 0.0696. The van der Waals surface area contributed by atoms with E-state index in [2.05, 4.69) is 20.9 Å². The van der Waals surface area contributed by atoms with E-state index in [4.69, 9.17) is 9.84 Å². The van der Waals surface area contributed by atoms with Crippen LogP contribution >= 0.6 is 15.9 Å². The summed E-state index contributed by atoms with van der Waals surface area (Å²) in [5.74, 6) is -0.107. The van der Waals surface area contributed by atoms with Gasteiger partial charge in [-0.2, -0.15) is 0 Å². The average molecular weight is 322 g/mol. The summed E-state index contributed by atoms with van der Waals surface area (Å²) in [6.45, 7) is 3.93. The van der Waals surface area contributed by atoms with Gasteiger partial charge in [0.2, 0.25) is 5.88 Å². The minimum atomic E-state index is -1.00. The van der Waals surface area contributed by atoms with Crippen molar-refractivity contribution in [1.29, 1.82) is 0 Å². The van der Waals surface area contributed by atoms with Gasteiger partial charge in [-0.1, -0.05) is 15.9 Å². The predicted octanol–water partition coefficient (Wildman–Crippen LogP) is 3.95. The molecule has 0 bridgehead atoms. The number of hydrogen-bond donors (Lipinski definition) is 1. The lowest BCUT2D eigenvalue weighted by atomic mass is 10.1. The molecule has 1 heterocycles. The first kappa shape index (κ1) is 13.5. The molecule has 0 radical (unpaired) electrons. The van der Waals surface area contributed by atoms with E-state index < -0.39 is 5.97 Å². The number of aryl methyl sites for hydroxylation is 2. The van der Waals surface area contributed by atoms with Crippen molar-refractivity contribution in [3.8, 4) is 11.6 Å². The second kappa shape index (κ2) is 5.40. The number of carbonyl (C=O) groups is 1. The van der Waals surface area contributed by atoms with Gasteiger partial charge in [0, 0.05) is 16.7 Å². The number of carboxylic acid groups (broad SMARTS) is 1. The van der Waals surface area contributed by atoms with E-state index in [1.165, 1.54) is 18.3 Å². The van der Waals surface area contributed by atoms with Gasteiger partial charge < -0.3 is 9.84 Å². The lowest BCUT2D eigenvalue weighted by Crippen LogP contribution is -1.98. The van der Waals surface area contributed by atoms with Crippen LogP contribution in [0.5, 0.6) is 11.6 Å². The topological polar surface area (TPSA) is 59.4 Å². The monoisotopic (exact) mass is 321 g/mol. The fourth-order valence-corrected chi connectivity index (χ4v) is 1.91. The molecule has 0 saturated carbocycles. The zero-order valence-electron chi connectivity index (χ0n) is 10.5. The Hall–Kier alpha value is -1.88. The smallest absolute Gasteiger partial charge is 0.335 e. The molecule has 1 aromatic heterocycles. The van der Waals surface area contributed by atoms with Crippen molar-refractivity contribution in [3.63, 3.8) is 0 Å². The summed E-state index contributed by atoms with van der Waals surface area (Å²) in [4.78, 5) is 14.9. The zero-order chi connectivity index (χ0) is 14.0. The maximum atomic E-state index is 10.9. The van der Waals surface area contributed by atoms with Gasteiger partial charge in [-0.15, -0.1) is 0 Å². The van der Waals surface area contributed by atoms with E-state index in [0.29, 0.717) is 5.75 Å². The number of nitrogens with zero attached hydrogens (tertiary/aromatic N) is 1. The summed E-state index contributed by atoms with van der Waals surface area (Å²) in [5.41, 5.74) is 2.24. The van der Waals surface area contributed by atoms with Crippen LogP contribution in [0.4, 0.5) is 0 Å². The molecule has 19 heavy (non-hydrogen) atoms. The Morgan fingerprint density at radius 1 is 1.26 bits per heavy atom. The van der Waals surface area contributed by atoms with Gasteiger partial charge in [0.05, 0.1) is 5.56 Å². The highest BCUT2D eigenvalue weighted by Gasteiger charge is 2.08. The van der Waals surface area contributed by atoms with Crippen LogP contribution in [0, 0.1) is 13.8 Å². The molecule has 98 valence electrons. The number of aromatic carboxylic acids is 1. The van der Waals surface area contributed by atoms with Crippen molar-refractivity contribution in [1.82, 2.24) is 4.98 Å². The first-order chi connectivity index (χ1) is 8.97. The standard InChI is InChI=1S/C14H12BrNO3/c1-8-5-11(6-9(2)13(8)15)19-12-7-10(14(17)18)3-4-16-12/h3-7H,1-2H3,(H,17,18). The van der Waals surface area contributed by atoms with Crippen molar-refractivity contribution in [2.45, 2.75) is 13.8 Å². The summed E-state index contributed by atoms with van der Waals surface area (Å²) < 4.78 is 6.62. The lowest BCUT2D eigenvalue weighted by Gasteiger charge is -2.09. The normalized spacial score (nSPS) is 10.3. The Labute approximate surface area is 119 Å². The molecule has 0 unspecified atom stereocenters. The Morgan fingerprint density at radius 3 is 2.47 bits per heavy atom. The number of benzene rings is 1. The Bertz CT molecular complexity index is 617. The van der Waals surface area contributed by atoms with Gasteiger partial charge in [0.15, 0.2) is 0 Å². The second-order valence-electron chi connectivity index (χ2n) is 4.16. The molecule has 2 rings (SSSR count). The highest BCUT2D eigenvalue weighted by atomic mass is 79.9. The van der Waals surface area contributed by atoms with Crippen LogP contribution in [0.25, 0.3) is 0 Å². The molecule has 1 N–H and O–H groups in total. The molecule has 1 aromatic carbocycles. The summed E-state index contributed by atoms with van der Waals surface area (Å²) in [5, 5.41) is 8.91. The Kier molecular flexibility index (Phi) is 3.85. The summed E-state index contributed by atoms with van der Waals surface area (Å²) in [6.07, 6.45) is 1.41. The number of hydrogen-bond acceptors (Lipinski definition) is 3. The fraction of sp³-hybridized carbons (Fsp3) is 0.143. The minimum Gasteiger partial charge on any atom is -0.478 e. The second-order valence-corrected chi connectivity index (χ2v) is 4.95. The van der Waals surface area contributed by atoms with Crippen LogP contribution in [0.1, 0.15) is 21.5 Å². The first-order valence-electron chi connectivity index (χ1n) is 5.61. The molecule has 0 amide bonds. The van der Waals surface area contributed by atoms with Crippen molar-refractivity contribution in [3.05, 3.63) is 51.6 Å². The number of ether oxygens (including phenoxy) is 1. The van der Waals surface area contributed by atoms with E-state index in [1.807, 2.05) is 26.0 Å². The molecule has 0 fully saturated rings. The average Bonchev–Trinajstić information content (AvgIpc) is 2.36. The van der Waals surface area contributed by atoms with E-state index in [0.717, 1.165) is 15.6 Å². The molecular formula is C14H12BrNO3. The fourth-order valence-electron chi connectivity index (χ4n) is 1.68. The van der Waals surface area contributed by atoms with Crippen LogP contribution in [0.15, 0.2) is 34.9 Å². The summed E-state index contributed by atoms with van der Waals surface area (Å²) >= 11 is 3.48. The van der Waals surface area contributed by atoms with Gasteiger partial charge in [0.25, 0.3) is 0 Å². The van der Waals surface area contributed by atoms with Gasteiger partial charge >= 0.3 is 5.97 Å². The number of carboxylic acids is 1. The third-order valence-electron chi connectivity index (χ3n) is 2.61. The number of pyridine rings is 1. The largest absolute Gasteiger partial charge is 0.478 e. The van der Waals surface area contributed by atoms with Crippen molar-refractivity contribution < 1.29 is 14.6 Å². The summed E-state index contributed by atoms with van der Waals surface area (Å²) in [7, 11) is 0. The number of halogens is 1. The molecule has 0 aliphatic carbocycles. The molecule has 4 nitrogen and oxygen atoms in total. The highest BCUT2D eigenvalue weighted by Crippen LogP contribution is 2.28. The summed E-state index contributed by atoms with van der Waals surface area (Å²) in [6, 6.07) is 6.56. The Morgan fingerprint density at radius 2 is 1.89 bits per heavy atom. The Balaban J connectivity index is 2.31. The van der Waals surface area contributed by atoms with Crippen molar-refractivity contribution in [2.24, 2.45) is 0 Å². The van der Waals surface area contributed by atoms with E-state index in [-0.39, 0.29) is 11.4 Å². The van der Waals surface area contributed by atoms with Crippen LogP contribution in [0.2, 0.25) is 0 Å². The van der Waals surface area contributed by atoms with Gasteiger partial charge in [-0.3, -0.25) is 0 Å². The van der Waals surface area contributed by atoms with E-state index in [1.54, 1.807) is 0 Å². The van der Waals surface area contributed by atoms with E-state index >= 15 is 0 Å². The minimum absolute atomic E-state index is 0.149. The highest BCUT2D eigenvalue weighted by molar-refractivity contribution is 9.10. The quantitative estimate of drug-likeness (QED) is 0.929. The molecular weight excluding hydrogens is 310 g/mol. The van der Waals surface area contributed by atoms with E-state index in [9.17, 15) is 4.79 Å². The third kappa shape index (κ3) is 3.12. The van der Waals surface area contributed by atoms with Gasteiger partial charge in [-0.05, 0) is 43.2 Å². The van der Waals surface area contributed by atoms with Gasteiger partial charge in [-0.25, -0.2) is 9.78 Å². The molecule has 0 aliphatic heterocycles.